The molecule has 7 nitrogen and oxygen atoms in total. The van der Waals surface area contributed by atoms with Gasteiger partial charge in [0.25, 0.3) is 11.8 Å². The van der Waals surface area contributed by atoms with Crippen molar-refractivity contribution in [1.82, 2.24) is 5.32 Å². The second-order valence-electron chi connectivity index (χ2n) is 7.84. The quantitative estimate of drug-likeness (QED) is 0.600. The lowest BCUT2D eigenvalue weighted by Crippen LogP contribution is -3.14. The lowest BCUT2D eigenvalue weighted by Gasteiger charge is -2.29. The van der Waals surface area contributed by atoms with Gasteiger partial charge in [-0.1, -0.05) is 19.1 Å². The van der Waals surface area contributed by atoms with Crippen molar-refractivity contribution in [3.63, 3.8) is 0 Å². The van der Waals surface area contributed by atoms with Crippen molar-refractivity contribution in [3.8, 4) is 11.5 Å². The van der Waals surface area contributed by atoms with Gasteiger partial charge in [-0.05, 0) is 42.3 Å². The summed E-state index contributed by atoms with van der Waals surface area (Å²) in [5, 5.41) is 6.07. The number of methoxy groups -OCH3 is 2. The molecule has 1 heterocycles. The van der Waals surface area contributed by atoms with E-state index in [2.05, 4.69) is 17.6 Å². The van der Waals surface area contributed by atoms with Gasteiger partial charge in [0.15, 0.2) is 18.0 Å². The topological polar surface area (TPSA) is 81.1 Å². The number of nitrogens with one attached hydrogen (secondary N) is 3. The van der Waals surface area contributed by atoms with E-state index in [0.29, 0.717) is 23.6 Å². The van der Waals surface area contributed by atoms with Crippen LogP contribution in [0.2, 0.25) is 0 Å². The Morgan fingerprint density at radius 3 is 2.29 bits per heavy atom. The standard InChI is InChI=1S/C24H31N3O4/c1-4-17-5-8-19(9-6-17)25-23(28)16-27-13-11-20(12-14-27)26-24(29)18-7-10-21(30-2)22(15-18)31-3/h5-10,15,20H,4,11-14,16H2,1-3H3,(H,25,28)(H,26,29)/p+1. The molecule has 0 saturated carbocycles. The first-order valence-electron chi connectivity index (χ1n) is 10.8. The molecule has 31 heavy (non-hydrogen) atoms. The fourth-order valence-corrected chi connectivity index (χ4v) is 3.85. The van der Waals surface area contributed by atoms with Gasteiger partial charge in [-0.2, -0.15) is 0 Å². The highest BCUT2D eigenvalue weighted by Crippen LogP contribution is 2.27. The van der Waals surface area contributed by atoms with Crippen molar-refractivity contribution in [2.45, 2.75) is 32.2 Å². The van der Waals surface area contributed by atoms with Gasteiger partial charge in [0.2, 0.25) is 0 Å². The summed E-state index contributed by atoms with van der Waals surface area (Å²) in [6, 6.07) is 13.2. The highest BCUT2D eigenvalue weighted by molar-refractivity contribution is 5.95. The number of ether oxygens (including phenoxy) is 2. The number of amides is 2. The molecule has 3 rings (SSSR count). The van der Waals surface area contributed by atoms with Crippen LogP contribution in [0.15, 0.2) is 42.5 Å². The minimum Gasteiger partial charge on any atom is -0.493 e. The number of rotatable bonds is 8. The Labute approximate surface area is 183 Å². The molecule has 1 fully saturated rings. The number of quaternary nitrogens is 1. The lowest BCUT2D eigenvalue weighted by molar-refractivity contribution is -0.897. The van der Waals surface area contributed by atoms with Gasteiger partial charge >= 0.3 is 0 Å². The van der Waals surface area contributed by atoms with Crippen molar-refractivity contribution in [1.29, 1.82) is 0 Å². The molecule has 1 aliphatic rings. The number of carbonyl (C=O) groups is 2. The van der Waals surface area contributed by atoms with Gasteiger partial charge in [-0.15, -0.1) is 0 Å². The molecule has 0 radical (unpaired) electrons. The lowest BCUT2D eigenvalue weighted by atomic mass is 10.0. The maximum Gasteiger partial charge on any atom is 0.279 e. The normalized spacial score (nSPS) is 18.2. The van der Waals surface area contributed by atoms with Crippen LogP contribution in [-0.2, 0) is 11.2 Å². The van der Waals surface area contributed by atoms with Gasteiger partial charge in [-0.3, -0.25) is 9.59 Å². The third-order valence-electron chi connectivity index (χ3n) is 5.73. The van der Waals surface area contributed by atoms with Gasteiger partial charge in [0, 0.05) is 30.1 Å². The largest absolute Gasteiger partial charge is 0.493 e. The molecular formula is C24H32N3O4+. The first kappa shape index (κ1) is 22.6. The first-order chi connectivity index (χ1) is 15.0. The summed E-state index contributed by atoms with van der Waals surface area (Å²) >= 11 is 0. The summed E-state index contributed by atoms with van der Waals surface area (Å²) in [4.78, 5) is 26.2. The van der Waals surface area contributed by atoms with Crippen molar-refractivity contribution < 1.29 is 24.0 Å². The van der Waals surface area contributed by atoms with Crippen LogP contribution in [0.1, 0.15) is 35.7 Å². The average molecular weight is 427 g/mol. The van der Waals surface area contributed by atoms with E-state index in [-0.39, 0.29) is 17.9 Å². The minimum atomic E-state index is -0.123. The van der Waals surface area contributed by atoms with E-state index in [4.69, 9.17) is 9.47 Å². The number of piperidine rings is 1. The van der Waals surface area contributed by atoms with Gasteiger partial charge < -0.3 is 25.0 Å². The van der Waals surface area contributed by atoms with Crippen LogP contribution in [0.25, 0.3) is 0 Å². The second kappa shape index (κ2) is 10.8. The first-order valence-corrected chi connectivity index (χ1v) is 10.8. The Bertz CT molecular complexity index is 890. The molecule has 0 bridgehead atoms. The third-order valence-corrected chi connectivity index (χ3v) is 5.73. The SMILES string of the molecule is CCc1ccc(NC(=O)C[NH+]2CCC(NC(=O)c3ccc(OC)c(OC)c3)CC2)cc1. The summed E-state index contributed by atoms with van der Waals surface area (Å²) < 4.78 is 10.5. The van der Waals surface area contributed by atoms with Crippen molar-refractivity contribution in [2.24, 2.45) is 0 Å². The van der Waals surface area contributed by atoms with E-state index in [1.54, 1.807) is 32.4 Å². The molecule has 2 aromatic rings. The molecule has 0 aliphatic carbocycles. The van der Waals surface area contributed by atoms with Crippen LogP contribution in [0.3, 0.4) is 0 Å². The summed E-state index contributed by atoms with van der Waals surface area (Å²) in [7, 11) is 3.12. The highest BCUT2D eigenvalue weighted by Gasteiger charge is 2.25. The van der Waals surface area contributed by atoms with Crippen LogP contribution >= 0.6 is 0 Å². The van der Waals surface area contributed by atoms with Gasteiger partial charge in [0.05, 0.1) is 27.3 Å². The predicted molar refractivity (Wildman–Crippen MR) is 120 cm³/mol. The number of likely N-dealkylation sites (tertiary alicyclic amines) is 1. The smallest absolute Gasteiger partial charge is 0.279 e. The summed E-state index contributed by atoms with van der Waals surface area (Å²) in [6.07, 6.45) is 2.66. The molecule has 7 heteroatoms. The Balaban J connectivity index is 1.44. The molecule has 2 amide bonds. The van der Waals surface area contributed by atoms with E-state index in [1.165, 1.54) is 10.5 Å². The molecule has 3 N–H and O–H groups in total. The molecule has 0 aromatic heterocycles. The van der Waals surface area contributed by atoms with Crippen LogP contribution < -0.4 is 25.0 Å². The number of benzene rings is 2. The maximum absolute atomic E-state index is 12.6. The van der Waals surface area contributed by atoms with E-state index < -0.39 is 0 Å². The van der Waals surface area contributed by atoms with Crippen molar-refractivity contribution >= 4 is 17.5 Å². The predicted octanol–water partition coefficient (Wildman–Crippen LogP) is 1.68. The third kappa shape index (κ3) is 6.21. The Morgan fingerprint density at radius 1 is 1.00 bits per heavy atom. The summed E-state index contributed by atoms with van der Waals surface area (Å²) in [5.74, 6) is 1.02. The van der Waals surface area contributed by atoms with E-state index in [9.17, 15) is 9.59 Å². The van der Waals surface area contributed by atoms with Gasteiger partial charge in [-0.25, -0.2) is 0 Å². The number of hydrogen-bond acceptors (Lipinski definition) is 4. The number of hydrogen-bond donors (Lipinski definition) is 3. The number of aryl methyl sites for hydroxylation is 1. The van der Waals surface area contributed by atoms with E-state index in [0.717, 1.165) is 38.0 Å². The Hall–Kier alpha value is -3.06. The zero-order chi connectivity index (χ0) is 22.2. The number of carbonyl (C=O) groups excluding carboxylic acids is 2. The summed E-state index contributed by atoms with van der Waals surface area (Å²) in [6.45, 7) is 4.24. The van der Waals surface area contributed by atoms with Crippen molar-refractivity contribution in [3.05, 3.63) is 53.6 Å². The van der Waals surface area contributed by atoms with Crippen LogP contribution in [0.4, 0.5) is 5.69 Å². The maximum atomic E-state index is 12.6. The monoisotopic (exact) mass is 426 g/mol. The Morgan fingerprint density at radius 2 is 1.68 bits per heavy atom. The molecule has 0 spiro atoms. The molecule has 0 atom stereocenters. The average Bonchev–Trinajstić information content (AvgIpc) is 2.80. The van der Waals surface area contributed by atoms with Crippen LogP contribution in [-0.4, -0.2) is 51.7 Å². The van der Waals surface area contributed by atoms with Crippen LogP contribution in [0.5, 0.6) is 11.5 Å². The second-order valence-corrected chi connectivity index (χ2v) is 7.84. The molecule has 2 aromatic carbocycles. The summed E-state index contributed by atoms with van der Waals surface area (Å²) in [5.41, 5.74) is 2.63. The minimum absolute atomic E-state index is 0.0204. The van der Waals surface area contributed by atoms with Gasteiger partial charge in [0.1, 0.15) is 0 Å². The Kier molecular flexibility index (Phi) is 7.89. The zero-order valence-electron chi connectivity index (χ0n) is 18.5. The fourth-order valence-electron chi connectivity index (χ4n) is 3.85. The molecule has 1 aliphatic heterocycles. The molecular weight excluding hydrogens is 394 g/mol. The highest BCUT2D eigenvalue weighted by atomic mass is 16.5. The molecule has 1 saturated heterocycles. The van der Waals surface area contributed by atoms with E-state index in [1.807, 2.05) is 24.3 Å². The van der Waals surface area contributed by atoms with E-state index >= 15 is 0 Å². The molecule has 0 unspecified atom stereocenters. The number of anilines is 1. The fraction of sp³-hybridized carbons (Fsp3) is 0.417. The molecule has 166 valence electrons. The van der Waals surface area contributed by atoms with Crippen LogP contribution in [0, 0.1) is 0 Å². The van der Waals surface area contributed by atoms with Crippen molar-refractivity contribution in [2.75, 3.05) is 39.2 Å². The zero-order valence-corrected chi connectivity index (χ0v) is 18.5.